The van der Waals surface area contributed by atoms with Gasteiger partial charge in [0.1, 0.15) is 0 Å². The van der Waals surface area contributed by atoms with Gasteiger partial charge in [-0.15, -0.1) is 0 Å². The first-order chi connectivity index (χ1) is 9.13. The molecule has 1 saturated heterocycles. The molecule has 2 atom stereocenters. The summed E-state index contributed by atoms with van der Waals surface area (Å²) < 4.78 is 1.96. The van der Waals surface area contributed by atoms with Crippen molar-refractivity contribution in [3.63, 3.8) is 0 Å². The van der Waals surface area contributed by atoms with Crippen LogP contribution in [0.4, 0.5) is 0 Å². The molecule has 0 aliphatic carbocycles. The number of nitrogens with one attached hydrogen (secondary N) is 1. The topological polar surface area (TPSA) is 62.4 Å². The lowest BCUT2D eigenvalue weighted by Crippen LogP contribution is -2.60. The molecule has 2 unspecified atom stereocenters. The van der Waals surface area contributed by atoms with Crippen LogP contribution in [0.3, 0.4) is 0 Å². The summed E-state index contributed by atoms with van der Waals surface area (Å²) >= 11 is 0. The lowest BCUT2D eigenvalue weighted by atomic mass is 9.99. The van der Waals surface area contributed by atoms with Gasteiger partial charge in [0.2, 0.25) is 0 Å². The fourth-order valence-corrected chi connectivity index (χ4v) is 2.72. The van der Waals surface area contributed by atoms with E-state index in [-0.39, 0.29) is 6.04 Å². The lowest BCUT2D eigenvalue weighted by Gasteiger charge is -2.41. The van der Waals surface area contributed by atoms with Crippen molar-refractivity contribution in [3.8, 4) is 0 Å². The van der Waals surface area contributed by atoms with Crippen LogP contribution in [0.1, 0.15) is 12.5 Å². The molecule has 1 aliphatic rings. The molecule has 6 nitrogen and oxygen atoms in total. The van der Waals surface area contributed by atoms with Crippen LogP contribution < -0.4 is 11.3 Å². The van der Waals surface area contributed by atoms with E-state index in [0.717, 1.165) is 32.6 Å². The first-order valence-electron chi connectivity index (χ1n) is 7.00. The number of hydrazine groups is 1. The fraction of sp³-hybridized carbons (Fsp3) is 0.769. The standard InChI is InChI=1S/C13H26N6/c1-4-19-9-11(8-15-19)7-12(16-14)13-10-17(2)5-6-18(13)3/h8-9,12-13,16H,4-7,10,14H2,1-3H3. The van der Waals surface area contributed by atoms with E-state index in [1.165, 1.54) is 5.56 Å². The summed E-state index contributed by atoms with van der Waals surface area (Å²) in [5, 5.41) is 4.33. The summed E-state index contributed by atoms with van der Waals surface area (Å²) in [6, 6.07) is 0.691. The molecular weight excluding hydrogens is 240 g/mol. The molecule has 0 aromatic carbocycles. The van der Waals surface area contributed by atoms with Crippen molar-refractivity contribution in [2.24, 2.45) is 5.84 Å². The normalized spacial score (nSPS) is 23.7. The minimum atomic E-state index is 0.252. The van der Waals surface area contributed by atoms with Crippen LogP contribution in [0.25, 0.3) is 0 Å². The van der Waals surface area contributed by atoms with Gasteiger partial charge in [-0.2, -0.15) is 5.10 Å². The average molecular weight is 266 g/mol. The highest BCUT2D eigenvalue weighted by atomic mass is 15.3. The third kappa shape index (κ3) is 3.54. The number of aromatic nitrogens is 2. The summed E-state index contributed by atoms with van der Waals surface area (Å²) in [5.74, 6) is 5.78. The molecule has 2 rings (SSSR count). The maximum absolute atomic E-state index is 5.78. The molecule has 0 radical (unpaired) electrons. The molecule has 108 valence electrons. The average Bonchev–Trinajstić information content (AvgIpc) is 2.87. The second-order valence-corrected chi connectivity index (χ2v) is 5.49. The SMILES string of the molecule is CCn1cc(CC(NN)C2CN(C)CCN2C)cn1. The Morgan fingerprint density at radius 3 is 2.89 bits per heavy atom. The van der Waals surface area contributed by atoms with E-state index in [9.17, 15) is 0 Å². The molecule has 1 aliphatic heterocycles. The molecule has 0 spiro atoms. The Hall–Kier alpha value is -0.950. The van der Waals surface area contributed by atoms with Crippen LogP contribution >= 0.6 is 0 Å². The quantitative estimate of drug-likeness (QED) is 0.557. The van der Waals surface area contributed by atoms with E-state index < -0.39 is 0 Å². The maximum atomic E-state index is 5.78. The van der Waals surface area contributed by atoms with Crippen LogP contribution in [0.15, 0.2) is 12.4 Å². The van der Waals surface area contributed by atoms with Gasteiger partial charge in [0, 0.05) is 44.5 Å². The van der Waals surface area contributed by atoms with E-state index in [4.69, 9.17) is 5.84 Å². The van der Waals surface area contributed by atoms with E-state index >= 15 is 0 Å². The van der Waals surface area contributed by atoms with Crippen LogP contribution in [0.2, 0.25) is 0 Å². The second-order valence-electron chi connectivity index (χ2n) is 5.49. The molecule has 1 aromatic heterocycles. The van der Waals surface area contributed by atoms with Crippen LogP contribution in [0.5, 0.6) is 0 Å². The highest BCUT2D eigenvalue weighted by molar-refractivity contribution is 5.08. The fourth-order valence-electron chi connectivity index (χ4n) is 2.72. The summed E-state index contributed by atoms with van der Waals surface area (Å²) in [4.78, 5) is 4.76. The number of piperazine rings is 1. The largest absolute Gasteiger partial charge is 0.303 e. The zero-order valence-electron chi connectivity index (χ0n) is 12.2. The predicted molar refractivity (Wildman–Crippen MR) is 76.6 cm³/mol. The van der Waals surface area contributed by atoms with Crippen molar-refractivity contribution < 1.29 is 0 Å². The molecule has 2 heterocycles. The van der Waals surface area contributed by atoms with E-state index in [1.807, 2.05) is 10.9 Å². The first-order valence-corrected chi connectivity index (χ1v) is 7.00. The Bertz CT molecular complexity index is 390. The van der Waals surface area contributed by atoms with Crippen LogP contribution in [-0.4, -0.2) is 65.4 Å². The van der Waals surface area contributed by atoms with Gasteiger partial charge in [-0.25, -0.2) is 0 Å². The molecule has 19 heavy (non-hydrogen) atoms. The van der Waals surface area contributed by atoms with Gasteiger partial charge in [0.05, 0.1) is 6.20 Å². The van der Waals surface area contributed by atoms with Gasteiger partial charge in [-0.05, 0) is 33.0 Å². The van der Waals surface area contributed by atoms with E-state index in [2.05, 4.69) is 47.5 Å². The lowest BCUT2D eigenvalue weighted by molar-refractivity contribution is 0.0877. The van der Waals surface area contributed by atoms with Gasteiger partial charge < -0.3 is 4.90 Å². The van der Waals surface area contributed by atoms with E-state index in [1.54, 1.807) is 0 Å². The van der Waals surface area contributed by atoms with Gasteiger partial charge in [-0.1, -0.05) is 0 Å². The number of nitrogens with zero attached hydrogens (tertiary/aromatic N) is 4. The highest BCUT2D eigenvalue weighted by Crippen LogP contribution is 2.13. The monoisotopic (exact) mass is 266 g/mol. The van der Waals surface area contributed by atoms with Gasteiger partial charge >= 0.3 is 0 Å². The molecular formula is C13H26N6. The van der Waals surface area contributed by atoms with Crippen LogP contribution in [0, 0.1) is 0 Å². The summed E-state index contributed by atoms with van der Waals surface area (Å²) in [7, 11) is 4.35. The zero-order chi connectivity index (χ0) is 13.8. The van der Waals surface area contributed by atoms with Gasteiger partial charge in [0.25, 0.3) is 0 Å². The molecule has 0 bridgehead atoms. The first kappa shape index (κ1) is 14.5. The Morgan fingerprint density at radius 1 is 1.47 bits per heavy atom. The number of nitrogens with two attached hydrogens (primary N) is 1. The minimum Gasteiger partial charge on any atom is -0.303 e. The molecule has 3 N–H and O–H groups in total. The zero-order valence-corrected chi connectivity index (χ0v) is 12.2. The number of likely N-dealkylation sites (N-methyl/N-ethyl adjacent to an activating group) is 2. The Morgan fingerprint density at radius 2 is 2.26 bits per heavy atom. The highest BCUT2D eigenvalue weighted by Gasteiger charge is 2.29. The smallest absolute Gasteiger partial charge is 0.0522 e. The Balaban J connectivity index is 2.02. The summed E-state index contributed by atoms with van der Waals surface area (Å²) in [6.07, 6.45) is 4.97. The number of aryl methyl sites for hydroxylation is 1. The van der Waals surface area contributed by atoms with Crippen molar-refractivity contribution in [3.05, 3.63) is 18.0 Å². The van der Waals surface area contributed by atoms with Gasteiger partial charge in [-0.3, -0.25) is 20.9 Å². The second kappa shape index (κ2) is 6.47. The molecule has 1 fully saturated rings. The number of hydrogen-bond acceptors (Lipinski definition) is 5. The molecule has 6 heteroatoms. The number of rotatable bonds is 5. The van der Waals surface area contributed by atoms with Crippen molar-refractivity contribution >= 4 is 0 Å². The Kier molecular flexibility index (Phi) is 4.93. The number of hydrogen-bond donors (Lipinski definition) is 2. The third-order valence-corrected chi connectivity index (χ3v) is 4.04. The van der Waals surface area contributed by atoms with Crippen molar-refractivity contribution in [2.75, 3.05) is 33.7 Å². The van der Waals surface area contributed by atoms with Crippen molar-refractivity contribution in [1.29, 1.82) is 0 Å². The van der Waals surface area contributed by atoms with Crippen molar-refractivity contribution in [2.45, 2.75) is 32.0 Å². The van der Waals surface area contributed by atoms with Crippen LogP contribution in [-0.2, 0) is 13.0 Å². The van der Waals surface area contributed by atoms with Gasteiger partial charge in [0.15, 0.2) is 0 Å². The summed E-state index contributed by atoms with van der Waals surface area (Å²) in [5.41, 5.74) is 4.24. The molecule has 0 saturated carbocycles. The maximum Gasteiger partial charge on any atom is 0.0522 e. The van der Waals surface area contributed by atoms with Crippen molar-refractivity contribution in [1.82, 2.24) is 25.0 Å². The minimum absolute atomic E-state index is 0.252. The molecule has 0 amide bonds. The Labute approximate surface area is 115 Å². The third-order valence-electron chi connectivity index (χ3n) is 4.04. The summed E-state index contributed by atoms with van der Waals surface area (Å²) in [6.45, 7) is 6.27. The predicted octanol–water partition coefficient (Wildman–Crippen LogP) is -0.477. The molecule has 1 aromatic rings. The van der Waals surface area contributed by atoms with E-state index in [0.29, 0.717) is 6.04 Å².